The van der Waals surface area contributed by atoms with E-state index in [0.717, 1.165) is 5.01 Å². The van der Waals surface area contributed by atoms with Crippen LogP contribution in [-0.2, 0) is 14.3 Å². The Bertz CT molecular complexity index is 248. The minimum atomic E-state index is -1.10. The van der Waals surface area contributed by atoms with Gasteiger partial charge in [0.1, 0.15) is 6.54 Å². The molecule has 0 radical (unpaired) electrons. The third kappa shape index (κ3) is 1.94. The van der Waals surface area contributed by atoms with E-state index in [1.807, 2.05) is 0 Å². The lowest BCUT2D eigenvalue weighted by Gasteiger charge is -2.20. The lowest BCUT2D eigenvalue weighted by molar-refractivity contribution is -0.146. The van der Waals surface area contributed by atoms with Crippen LogP contribution in [0.2, 0.25) is 0 Å². The third-order valence-electron chi connectivity index (χ3n) is 1.24. The van der Waals surface area contributed by atoms with Crippen molar-refractivity contribution in [3.8, 4) is 0 Å². The molecule has 0 aromatic rings. The van der Waals surface area contributed by atoms with E-state index in [9.17, 15) is 9.59 Å². The van der Waals surface area contributed by atoms with E-state index in [1.165, 1.54) is 0 Å². The Morgan fingerprint density at radius 1 is 1.83 bits per heavy atom. The average molecular weight is 172 g/mol. The fourth-order valence-electron chi connectivity index (χ4n) is 0.747. The van der Waals surface area contributed by atoms with Gasteiger partial charge in [-0.25, -0.2) is 5.01 Å². The van der Waals surface area contributed by atoms with Gasteiger partial charge < -0.3 is 9.84 Å². The van der Waals surface area contributed by atoms with E-state index >= 15 is 0 Å². The maximum atomic E-state index is 10.9. The van der Waals surface area contributed by atoms with Gasteiger partial charge in [0.25, 0.3) is 5.91 Å². The van der Waals surface area contributed by atoms with Crippen LogP contribution in [0.1, 0.15) is 6.92 Å². The Labute approximate surface area is 68.4 Å². The number of carboxylic acid groups (broad SMARTS) is 1. The van der Waals surface area contributed by atoms with Crippen LogP contribution in [0.4, 0.5) is 0 Å². The summed E-state index contributed by atoms with van der Waals surface area (Å²) in [5, 5.41) is 12.8. The van der Waals surface area contributed by atoms with Crippen molar-refractivity contribution in [3.63, 3.8) is 0 Å². The summed E-state index contributed by atoms with van der Waals surface area (Å²) in [7, 11) is 0. The molecule has 0 bridgehead atoms. The van der Waals surface area contributed by atoms with Crippen LogP contribution in [0.3, 0.4) is 0 Å². The number of carboxylic acids is 1. The molecule has 0 saturated heterocycles. The van der Waals surface area contributed by atoms with E-state index in [-0.39, 0.29) is 6.61 Å². The second-order valence-corrected chi connectivity index (χ2v) is 2.25. The standard InChI is InChI=1S/C6H8N2O4/c1-4-7-8(2-6(10)11)5(9)3-12-4/h2-3H2,1H3,(H,10,11). The molecular weight excluding hydrogens is 164 g/mol. The van der Waals surface area contributed by atoms with Crippen molar-refractivity contribution in [3.05, 3.63) is 0 Å². The minimum absolute atomic E-state index is 0.136. The smallest absolute Gasteiger partial charge is 0.325 e. The molecule has 1 heterocycles. The predicted octanol–water partition coefficient (Wildman–Crippen LogP) is -0.737. The lowest BCUT2D eigenvalue weighted by Crippen LogP contribution is -2.38. The van der Waals surface area contributed by atoms with E-state index in [4.69, 9.17) is 9.84 Å². The van der Waals surface area contributed by atoms with E-state index < -0.39 is 18.4 Å². The van der Waals surface area contributed by atoms with Crippen LogP contribution < -0.4 is 0 Å². The monoisotopic (exact) mass is 172 g/mol. The summed E-state index contributed by atoms with van der Waals surface area (Å²) in [5.74, 6) is -1.24. The highest BCUT2D eigenvalue weighted by Crippen LogP contribution is 2.00. The van der Waals surface area contributed by atoms with Crippen molar-refractivity contribution in [2.45, 2.75) is 6.92 Å². The fraction of sp³-hybridized carbons (Fsp3) is 0.500. The number of aliphatic carboxylic acids is 1. The molecule has 66 valence electrons. The highest BCUT2D eigenvalue weighted by molar-refractivity contribution is 5.88. The van der Waals surface area contributed by atoms with Crippen LogP contribution >= 0.6 is 0 Å². The molecule has 0 aromatic carbocycles. The number of hydrogen-bond acceptors (Lipinski definition) is 4. The maximum Gasteiger partial charge on any atom is 0.325 e. The zero-order chi connectivity index (χ0) is 9.14. The number of ether oxygens (including phenoxy) is 1. The molecule has 0 fully saturated rings. The molecule has 1 rings (SSSR count). The Hall–Kier alpha value is -1.59. The fourth-order valence-corrected chi connectivity index (χ4v) is 0.747. The van der Waals surface area contributed by atoms with Gasteiger partial charge in [0, 0.05) is 6.92 Å². The summed E-state index contributed by atoms with van der Waals surface area (Å²) in [4.78, 5) is 21.1. The Balaban J connectivity index is 2.66. The first kappa shape index (κ1) is 8.51. The van der Waals surface area contributed by atoms with Gasteiger partial charge in [0.05, 0.1) is 0 Å². The van der Waals surface area contributed by atoms with Gasteiger partial charge in [0.2, 0.25) is 5.90 Å². The summed E-state index contributed by atoms with van der Waals surface area (Å²) in [6.07, 6.45) is 0. The largest absolute Gasteiger partial charge is 0.480 e. The number of rotatable bonds is 2. The number of hydrazone groups is 1. The minimum Gasteiger partial charge on any atom is -0.480 e. The molecule has 0 unspecified atom stereocenters. The van der Waals surface area contributed by atoms with E-state index in [2.05, 4.69) is 5.10 Å². The first-order chi connectivity index (χ1) is 5.59. The lowest BCUT2D eigenvalue weighted by atomic mass is 10.5. The van der Waals surface area contributed by atoms with E-state index in [0.29, 0.717) is 5.90 Å². The van der Waals surface area contributed by atoms with Gasteiger partial charge in [0.15, 0.2) is 6.61 Å². The van der Waals surface area contributed by atoms with Gasteiger partial charge >= 0.3 is 5.97 Å². The molecule has 1 aliphatic heterocycles. The van der Waals surface area contributed by atoms with Gasteiger partial charge in [-0.2, -0.15) is 0 Å². The van der Waals surface area contributed by atoms with Crippen LogP contribution in [0.25, 0.3) is 0 Å². The molecule has 0 spiro atoms. The Morgan fingerprint density at radius 3 is 3.08 bits per heavy atom. The van der Waals surface area contributed by atoms with Crippen LogP contribution in [0.5, 0.6) is 0 Å². The van der Waals surface area contributed by atoms with Crippen molar-refractivity contribution in [1.29, 1.82) is 0 Å². The molecule has 12 heavy (non-hydrogen) atoms. The second kappa shape index (κ2) is 3.21. The summed E-state index contributed by atoms with van der Waals surface area (Å²) in [6.45, 7) is 1.00. The average Bonchev–Trinajstić information content (AvgIpc) is 1.96. The first-order valence-electron chi connectivity index (χ1n) is 3.30. The molecule has 6 heteroatoms. The van der Waals surface area contributed by atoms with Gasteiger partial charge in [-0.1, -0.05) is 0 Å². The molecular formula is C6H8N2O4. The molecule has 1 aliphatic rings. The third-order valence-corrected chi connectivity index (χ3v) is 1.24. The van der Waals surface area contributed by atoms with Crippen molar-refractivity contribution in [2.75, 3.05) is 13.2 Å². The molecule has 0 aliphatic carbocycles. The zero-order valence-electron chi connectivity index (χ0n) is 6.48. The topological polar surface area (TPSA) is 79.2 Å². The summed E-state index contributed by atoms with van der Waals surface area (Å²) in [6, 6.07) is 0. The van der Waals surface area contributed by atoms with Gasteiger partial charge in [-0.15, -0.1) is 5.10 Å². The zero-order valence-corrected chi connectivity index (χ0v) is 6.48. The Kier molecular flexibility index (Phi) is 2.27. The first-order valence-corrected chi connectivity index (χ1v) is 3.30. The molecule has 6 nitrogen and oxygen atoms in total. The molecule has 0 aromatic heterocycles. The van der Waals surface area contributed by atoms with Crippen molar-refractivity contribution >= 4 is 17.8 Å². The van der Waals surface area contributed by atoms with Crippen molar-refractivity contribution in [2.24, 2.45) is 5.10 Å². The van der Waals surface area contributed by atoms with E-state index in [1.54, 1.807) is 6.92 Å². The van der Waals surface area contributed by atoms with Crippen molar-refractivity contribution in [1.82, 2.24) is 5.01 Å². The maximum absolute atomic E-state index is 10.9. The number of hydrogen-bond donors (Lipinski definition) is 1. The SMILES string of the molecule is CC1=NN(CC(=O)O)C(=O)CO1. The number of carbonyl (C=O) groups is 2. The molecule has 1 amide bonds. The number of carbonyl (C=O) groups excluding carboxylic acids is 1. The number of nitrogens with zero attached hydrogens (tertiary/aromatic N) is 2. The second-order valence-electron chi connectivity index (χ2n) is 2.25. The summed E-state index contributed by atoms with van der Waals surface area (Å²) >= 11 is 0. The normalized spacial score (nSPS) is 16.9. The number of amides is 1. The quantitative estimate of drug-likeness (QED) is 0.595. The molecule has 1 N–H and O–H groups in total. The highest BCUT2D eigenvalue weighted by Gasteiger charge is 2.21. The van der Waals surface area contributed by atoms with Crippen molar-refractivity contribution < 1.29 is 19.4 Å². The predicted molar refractivity (Wildman–Crippen MR) is 38.4 cm³/mol. The molecule has 0 saturated carbocycles. The molecule has 0 atom stereocenters. The van der Waals surface area contributed by atoms with Crippen LogP contribution in [0, 0.1) is 0 Å². The van der Waals surface area contributed by atoms with Crippen LogP contribution in [0.15, 0.2) is 5.10 Å². The highest BCUT2D eigenvalue weighted by atomic mass is 16.5. The summed E-state index contributed by atoms with van der Waals surface area (Å²) in [5.41, 5.74) is 0. The van der Waals surface area contributed by atoms with Gasteiger partial charge in [-0.05, 0) is 0 Å². The summed E-state index contributed by atoms with van der Waals surface area (Å²) < 4.78 is 4.77. The van der Waals surface area contributed by atoms with Gasteiger partial charge in [-0.3, -0.25) is 9.59 Å². The Morgan fingerprint density at radius 2 is 2.50 bits per heavy atom. The van der Waals surface area contributed by atoms with Crippen LogP contribution in [-0.4, -0.2) is 41.0 Å².